The zero-order chi connectivity index (χ0) is 18.8. The first-order chi connectivity index (χ1) is 11.7. The van der Waals surface area contributed by atoms with Gasteiger partial charge in [-0.15, -0.1) is 0 Å². The molecule has 134 valence electrons. The van der Waals surface area contributed by atoms with E-state index < -0.39 is 11.5 Å². The molecule has 1 N–H and O–H groups in total. The Kier molecular flexibility index (Phi) is 5.30. The largest absolute Gasteiger partial charge is 0.461 e. The molecule has 2 aromatic rings. The first-order valence-corrected chi connectivity index (χ1v) is 8.31. The number of carbonyl (C=O) groups is 2. The van der Waals surface area contributed by atoms with Crippen LogP contribution < -0.4 is 5.32 Å². The Hall–Kier alpha value is -2.63. The second-order valence-electron chi connectivity index (χ2n) is 6.89. The van der Waals surface area contributed by atoms with Gasteiger partial charge in [0.1, 0.15) is 5.82 Å². The summed E-state index contributed by atoms with van der Waals surface area (Å²) in [6.07, 6.45) is 0. The highest BCUT2D eigenvalue weighted by molar-refractivity contribution is 6.06. The Morgan fingerprint density at radius 2 is 1.84 bits per heavy atom. The third kappa shape index (κ3) is 3.90. The predicted molar refractivity (Wildman–Crippen MR) is 97.0 cm³/mol. The summed E-state index contributed by atoms with van der Waals surface area (Å²) in [5.74, 6) is -0.222. The molecule has 0 unspecified atom stereocenters. The highest BCUT2D eigenvalue weighted by Gasteiger charge is 2.28. The van der Waals surface area contributed by atoms with Gasteiger partial charge in [0.05, 0.1) is 12.1 Å². The summed E-state index contributed by atoms with van der Waals surface area (Å²) in [6.45, 7) is 11.5. The fourth-order valence-electron chi connectivity index (χ4n) is 2.52. The van der Waals surface area contributed by atoms with Crippen molar-refractivity contribution in [3.8, 4) is 0 Å². The molecule has 0 aliphatic carbocycles. The molecule has 1 amide bonds. The van der Waals surface area contributed by atoms with Gasteiger partial charge >= 0.3 is 5.97 Å². The van der Waals surface area contributed by atoms with Gasteiger partial charge in [-0.3, -0.25) is 4.79 Å². The van der Waals surface area contributed by atoms with Crippen molar-refractivity contribution < 1.29 is 14.3 Å². The summed E-state index contributed by atoms with van der Waals surface area (Å²) in [7, 11) is 0. The van der Waals surface area contributed by atoms with Gasteiger partial charge in [0.2, 0.25) is 0 Å². The lowest BCUT2D eigenvalue weighted by atomic mass is 10.1. The number of rotatable bonds is 4. The average molecular weight is 343 g/mol. The van der Waals surface area contributed by atoms with Crippen LogP contribution >= 0.6 is 0 Å². The van der Waals surface area contributed by atoms with Gasteiger partial charge in [0.25, 0.3) is 5.91 Å². The number of hydrogen-bond acceptors (Lipinski definition) is 4. The van der Waals surface area contributed by atoms with Crippen LogP contribution in [0.2, 0.25) is 0 Å². The number of nitrogens with one attached hydrogen (secondary N) is 1. The predicted octanol–water partition coefficient (Wildman–Crippen LogP) is 3.68. The number of aryl methyl sites for hydroxylation is 1. The topological polar surface area (TPSA) is 73.2 Å². The molecule has 0 aliphatic heterocycles. The molecule has 0 bridgehead atoms. The molecule has 6 heteroatoms. The minimum atomic E-state index is -0.491. The standard InChI is InChI=1S/C19H25N3O3/c1-7-25-18(24)15-13(3)16(22(21-15)19(4,5)6)20-17(23)14-11-9-8-10-12(14)2/h8-11H,7H2,1-6H3,(H,20,23). The summed E-state index contributed by atoms with van der Waals surface area (Å²) in [5, 5.41) is 7.31. The highest BCUT2D eigenvalue weighted by Crippen LogP contribution is 2.27. The van der Waals surface area contributed by atoms with Crippen LogP contribution in [0.5, 0.6) is 0 Å². The van der Waals surface area contributed by atoms with E-state index >= 15 is 0 Å². The molecule has 1 heterocycles. The minimum absolute atomic E-state index is 0.219. The monoisotopic (exact) mass is 343 g/mol. The van der Waals surface area contributed by atoms with Gasteiger partial charge in [0, 0.05) is 11.1 Å². The normalized spacial score (nSPS) is 11.3. The molecule has 25 heavy (non-hydrogen) atoms. The lowest BCUT2D eigenvalue weighted by Gasteiger charge is -2.23. The number of ether oxygens (including phenoxy) is 1. The van der Waals surface area contributed by atoms with Gasteiger partial charge in [-0.2, -0.15) is 5.10 Å². The maximum absolute atomic E-state index is 12.7. The van der Waals surface area contributed by atoms with Crippen molar-refractivity contribution in [2.24, 2.45) is 0 Å². The van der Waals surface area contributed by atoms with Crippen LogP contribution in [0.25, 0.3) is 0 Å². The smallest absolute Gasteiger partial charge is 0.359 e. The third-order valence-corrected chi connectivity index (χ3v) is 3.85. The first-order valence-electron chi connectivity index (χ1n) is 8.31. The highest BCUT2D eigenvalue weighted by atomic mass is 16.5. The fraction of sp³-hybridized carbons (Fsp3) is 0.421. The quantitative estimate of drug-likeness (QED) is 0.860. The lowest BCUT2D eigenvalue weighted by Crippen LogP contribution is -2.27. The molecule has 1 aromatic heterocycles. The van der Waals surface area contributed by atoms with Crippen molar-refractivity contribution in [2.75, 3.05) is 11.9 Å². The Bertz CT molecular complexity index is 801. The zero-order valence-electron chi connectivity index (χ0n) is 15.6. The molecular weight excluding hydrogens is 318 g/mol. The Labute approximate surface area is 148 Å². The molecule has 0 saturated heterocycles. The number of benzene rings is 1. The molecule has 0 aliphatic rings. The van der Waals surface area contributed by atoms with Crippen molar-refractivity contribution in [2.45, 2.75) is 47.1 Å². The average Bonchev–Trinajstić information content (AvgIpc) is 2.85. The van der Waals surface area contributed by atoms with Crippen LogP contribution in [-0.4, -0.2) is 28.3 Å². The molecule has 1 aromatic carbocycles. The van der Waals surface area contributed by atoms with E-state index in [0.29, 0.717) is 16.9 Å². The van der Waals surface area contributed by atoms with E-state index in [2.05, 4.69) is 10.4 Å². The number of nitrogens with zero attached hydrogens (tertiary/aromatic N) is 2. The minimum Gasteiger partial charge on any atom is -0.461 e. The number of aromatic nitrogens is 2. The van der Waals surface area contributed by atoms with E-state index in [1.807, 2.05) is 45.9 Å². The molecule has 0 atom stereocenters. The Morgan fingerprint density at radius 3 is 2.40 bits per heavy atom. The van der Waals surface area contributed by atoms with Crippen LogP contribution in [0.3, 0.4) is 0 Å². The molecule has 2 rings (SSSR count). The van der Waals surface area contributed by atoms with E-state index in [0.717, 1.165) is 5.56 Å². The van der Waals surface area contributed by atoms with Gasteiger partial charge in [-0.25, -0.2) is 9.48 Å². The van der Waals surface area contributed by atoms with E-state index in [-0.39, 0.29) is 18.2 Å². The molecule has 6 nitrogen and oxygen atoms in total. The Balaban J connectivity index is 2.47. The maximum Gasteiger partial charge on any atom is 0.359 e. The summed E-state index contributed by atoms with van der Waals surface area (Å²) in [4.78, 5) is 24.9. The second-order valence-corrected chi connectivity index (χ2v) is 6.89. The zero-order valence-corrected chi connectivity index (χ0v) is 15.6. The summed E-state index contributed by atoms with van der Waals surface area (Å²) >= 11 is 0. The van der Waals surface area contributed by atoms with Crippen LogP contribution in [0.4, 0.5) is 5.82 Å². The lowest BCUT2D eigenvalue weighted by molar-refractivity contribution is 0.0516. The first kappa shape index (κ1) is 18.7. The third-order valence-electron chi connectivity index (χ3n) is 3.85. The fourth-order valence-corrected chi connectivity index (χ4v) is 2.52. The summed E-state index contributed by atoms with van der Waals surface area (Å²) in [5.41, 5.74) is 1.86. The van der Waals surface area contributed by atoms with Crippen molar-refractivity contribution in [3.05, 3.63) is 46.6 Å². The van der Waals surface area contributed by atoms with Gasteiger partial charge in [-0.05, 0) is 53.2 Å². The number of esters is 1. The van der Waals surface area contributed by atoms with Crippen molar-refractivity contribution in [1.82, 2.24) is 9.78 Å². The van der Waals surface area contributed by atoms with Crippen molar-refractivity contribution in [3.63, 3.8) is 0 Å². The van der Waals surface area contributed by atoms with Gasteiger partial charge in [0.15, 0.2) is 5.69 Å². The van der Waals surface area contributed by atoms with Crippen LogP contribution in [0, 0.1) is 13.8 Å². The van der Waals surface area contributed by atoms with Crippen molar-refractivity contribution in [1.29, 1.82) is 0 Å². The Morgan fingerprint density at radius 1 is 1.20 bits per heavy atom. The second kappa shape index (κ2) is 7.09. The number of anilines is 1. The van der Waals surface area contributed by atoms with Gasteiger partial charge in [-0.1, -0.05) is 18.2 Å². The van der Waals surface area contributed by atoms with Crippen LogP contribution in [0.15, 0.2) is 24.3 Å². The summed E-state index contributed by atoms with van der Waals surface area (Å²) in [6, 6.07) is 7.35. The molecule has 0 fully saturated rings. The van der Waals surface area contributed by atoms with Crippen LogP contribution in [0.1, 0.15) is 59.7 Å². The van der Waals surface area contributed by atoms with E-state index in [1.165, 1.54) is 0 Å². The molecule has 0 radical (unpaired) electrons. The number of carbonyl (C=O) groups excluding carboxylic acids is 2. The summed E-state index contributed by atoms with van der Waals surface area (Å²) < 4.78 is 6.73. The number of hydrogen-bond donors (Lipinski definition) is 1. The van der Waals surface area contributed by atoms with E-state index in [9.17, 15) is 9.59 Å². The van der Waals surface area contributed by atoms with Gasteiger partial charge < -0.3 is 10.1 Å². The molecular formula is C19H25N3O3. The molecule has 0 spiro atoms. The van der Waals surface area contributed by atoms with Crippen molar-refractivity contribution >= 4 is 17.7 Å². The SMILES string of the molecule is CCOC(=O)c1nn(C(C)(C)C)c(NC(=O)c2ccccc2C)c1C. The van der Waals surface area contributed by atoms with Crippen LogP contribution in [-0.2, 0) is 10.3 Å². The van der Waals surface area contributed by atoms with E-state index in [4.69, 9.17) is 4.74 Å². The molecule has 0 saturated carbocycles. The number of amides is 1. The maximum atomic E-state index is 12.7. The van der Waals surface area contributed by atoms with E-state index in [1.54, 1.807) is 24.6 Å².